The molecule has 4 N–H and O–H groups in total. The van der Waals surface area contributed by atoms with Gasteiger partial charge in [-0.2, -0.15) is 74.6 Å². The Labute approximate surface area is 254 Å². The van der Waals surface area contributed by atoms with Crippen molar-refractivity contribution in [3.63, 3.8) is 0 Å². The van der Waals surface area contributed by atoms with Crippen LogP contribution in [-0.2, 0) is 19.6 Å². The number of hydrogen-bond acceptors (Lipinski definition) is 5. The molecule has 0 saturated heterocycles. The van der Waals surface area contributed by atoms with Crippen molar-refractivity contribution >= 4 is 51.5 Å². The number of carboxylic acids is 2. The maximum Gasteiger partial charge on any atom is 0.460 e. The third-order valence-corrected chi connectivity index (χ3v) is 6.27. The van der Waals surface area contributed by atoms with E-state index in [1.807, 2.05) is 0 Å². The van der Waals surface area contributed by atoms with E-state index in [9.17, 15) is 97.1 Å². The van der Waals surface area contributed by atoms with E-state index in [0.29, 0.717) is 0 Å². The first-order valence-electron chi connectivity index (χ1n) is 10.1. The second-order valence-corrected chi connectivity index (χ2v) is 9.71. The van der Waals surface area contributed by atoms with Crippen molar-refractivity contribution < 1.29 is 107 Å². The molecule has 259 valence electrons. The zero-order valence-corrected chi connectivity index (χ0v) is 24.0. The molecule has 0 aliphatic rings. The number of alkyl halides is 17. The Morgan fingerprint density at radius 1 is 0.705 bits per heavy atom. The van der Waals surface area contributed by atoms with Gasteiger partial charge in [0.2, 0.25) is 0 Å². The number of rotatable bonds is 14. The Morgan fingerprint density at radius 3 is 1.30 bits per heavy atom. The third-order valence-electron chi connectivity index (χ3n) is 4.66. The van der Waals surface area contributed by atoms with Crippen molar-refractivity contribution in [1.29, 1.82) is 0 Å². The van der Waals surface area contributed by atoms with Crippen molar-refractivity contribution in [2.45, 2.75) is 79.2 Å². The van der Waals surface area contributed by atoms with Crippen LogP contribution >= 0.6 is 0 Å². The van der Waals surface area contributed by atoms with Gasteiger partial charge >= 0.3 is 68.9 Å². The fourth-order valence-electron chi connectivity index (χ4n) is 2.13. The van der Waals surface area contributed by atoms with Crippen LogP contribution < -0.4 is 5.73 Å². The van der Waals surface area contributed by atoms with Crippen LogP contribution in [0.25, 0.3) is 0 Å². The molecular formula is C16H16F18N2NaO6S. The minimum Gasteiger partial charge on any atom is -0.481 e. The standard InChI is InChI=1S/C11H7F18NO2S.C5H9NO4.Na/c1-2-3-30(29)33(31,32)11(27,28)9(22,23)7(18,19)5(14,15)4(12,13)6(16,17)8(20,21)10(24,25)26;6-3(5(9)10)1-2-4(7)8;/h2-3H2,1H3;3H,1-2,6H2,(H,7,8)(H,9,10);/t;3-;/m.0./s1. The molecule has 28 heteroatoms. The summed E-state index contributed by atoms with van der Waals surface area (Å²) in [4.78, 5) is 19.9. The van der Waals surface area contributed by atoms with Gasteiger partial charge in [-0.3, -0.25) is 9.59 Å². The second-order valence-electron chi connectivity index (χ2n) is 7.85. The van der Waals surface area contributed by atoms with Gasteiger partial charge in [0.15, 0.2) is 0 Å². The first kappa shape index (κ1) is 47.0. The summed E-state index contributed by atoms with van der Waals surface area (Å²) in [7, 11) is -7.82. The maximum absolute atomic E-state index is 13.5. The Kier molecular flexibility index (Phi) is 15.5. The fourth-order valence-corrected chi connectivity index (χ4v) is 3.26. The number of carboxylic acid groups (broad SMARTS) is 2. The molecule has 0 saturated carbocycles. The van der Waals surface area contributed by atoms with E-state index in [1.165, 1.54) is 0 Å². The molecule has 0 aromatic rings. The van der Waals surface area contributed by atoms with Crippen molar-refractivity contribution in [2.75, 3.05) is 6.54 Å². The smallest absolute Gasteiger partial charge is 0.460 e. The topological polar surface area (TPSA) is 138 Å². The van der Waals surface area contributed by atoms with Crippen molar-refractivity contribution in [3.05, 3.63) is 0 Å². The van der Waals surface area contributed by atoms with Crippen LogP contribution in [-0.4, -0.2) is 124 Å². The summed E-state index contributed by atoms with van der Waals surface area (Å²) in [5, 5.41) is 8.41. The third kappa shape index (κ3) is 8.09. The Bertz CT molecular complexity index is 1100. The van der Waals surface area contributed by atoms with E-state index in [2.05, 4.69) is 0 Å². The Balaban J connectivity index is -0.00000130. The summed E-state index contributed by atoms with van der Waals surface area (Å²) in [5.74, 6) is -54.4. The molecule has 8 nitrogen and oxygen atoms in total. The molecule has 1 radical (unpaired) electrons. The van der Waals surface area contributed by atoms with Gasteiger partial charge in [0, 0.05) is 42.5 Å². The Hall–Kier alpha value is -1.45. The number of halogens is 18. The quantitative estimate of drug-likeness (QED) is 0.133. The summed E-state index contributed by atoms with van der Waals surface area (Å²) in [6.45, 7) is -1.12. The molecular weight excluding hydrogens is 713 g/mol. The van der Waals surface area contributed by atoms with E-state index in [1.54, 1.807) is 0 Å². The maximum atomic E-state index is 13.5. The largest absolute Gasteiger partial charge is 0.481 e. The minimum atomic E-state index is -8.94. The number of nitrogens with two attached hydrogens (primary N) is 1. The normalized spacial score (nSPS) is 15.2. The number of nitrogens with zero attached hydrogens (tertiary/aromatic N) is 1. The molecule has 0 heterocycles. The predicted octanol–water partition coefficient (Wildman–Crippen LogP) is 4.76. The average Bonchev–Trinajstić information content (AvgIpc) is 2.81. The van der Waals surface area contributed by atoms with Crippen LogP contribution in [0.5, 0.6) is 0 Å². The predicted molar refractivity (Wildman–Crippen MR) is 106 cm³/mol. The van der Waals surface area contributed by atoms with E-state index in [0.717, 1.165) is 6.92 Å². The number of carbonyl (C=O) groups is 2. The van der Waals surface area contributed by atoms with Gasteiger partial charge in [-0.15, -0.1) is 4.48 Å². The zero-order valence-electron chi connectivity index (χ0n) is 21.2. The van der Waals surface area contributed by atoms with Crippen LogP contribution in [0.2, 0.25) is 0 Å². The van der Waals surface area contributed by atoms with Crippen LogP contribution in [0, 0.1) is 0 Å². The SMILES string of the molecule is CCCN(F)S(=O)(=O)C(F)(F)C(F)(F)C(F)(F)C(F)(F)C(F)(F)C(F)(F)C(F)(F)C(F)(F)F.N[C@@H](CCC(=O)O)C(=O)O.[Na]. The Morgan fingerprint density at radius 2 is 1.02 bits per heavy atom. The first-order valence-corrected chi connectivity index (χ1v) is 11.6. The van der Waals surface area contributed by atoms with Gasteiger partial charge < -0.3 is 15.9 Å². The summed E-state index contributed by atoms with van der Waals surface area (Å²) in [5.41, 5.74) is 5.00. The fraction of sp³-hybridized carbons (Fsp3) is 0.875. The van der Waals surface area contributed by atoms with E-state index < -0.39 is 92.5 Å². The molecule has 0 aliphatic carbocycles. The number of hydrogen-bond donors (Lipinski definition) is 3. The molecule has 0 bridgehead atoms. The summed E-state index contributed by atoms with van der Waals surface area (Å²) in [6, 6.07) is -1.06. The van der Waals surface area contributed by atoms with Crippen LogP contribution in [0.4, 0.5) is 79.1 Å². The summed E-state index contributed by atoms with van der Waals surface area (Å²) < 4.78 is 254. The molecule has 0 rings (SSSR count). The molecule has 0 spiro atoms. The summed E-state index contributed by atoms with van der Waals surface area (Å²) in [6.07, 6.45) is -9.02. The monoisotopic (exact) mass is 729 g/mol. The number of sulfonamides is 1. The van der Waals surface area contributed by atoms with Gasteiger partial charge in [0.05, 0.1) is 0 Å². The molecule has 0 aromatic carbocycles. The van der Waals surface area contributed by atoms with Crippen LogP contribution in [0.3, 0.4) is 0 Å². The average molecular weight is 729 g/mol. The first-order chi connectivity index (χ1) is 18.5. The second kappa shape index (κ2) is 14.5. The zero-order chi connectivity index (χ0) is 35.6. The van der Waals surface area contributed by atoms with Crippen molar-refractivity contribution in [1.82, 2.24) is 4.53 Å². The van der Waals surface area contributed by atoms with Gasteiger partial charge in [0.25, 0.3) is 0 Å². The van der Waals surface area contributed by atoms with E-state index >= 15 is 0 Å². The molecule has 44 heavy (non-hydrogen) atoms. The molecule has 0 unspecified atom stereocenters. The van der Waals surface area contributed by atoms with Gasteiger partial charge in [0.1, 0.15) is 6.04 Å². The van der Waals surface area contributed by atoms with Gasteiger partial charge in [-0.05, 0) is 17.4 Å². The van der Waals surface area contributed by atoms with E-state index in [-0.39, 0.29) is 42.4 Å². The van der Waals surface area contributed by atoms with Crippen molar-refractivity contribution in [2.24, 2.45) is 5.73 Å². The van der Waals surface area contributed by atoms with Gasteiger partial charge in [-0.25, -0.2) is 8.42 Å². The molecule has 0 aromatic heterocycles. The van der Waals surface area contributed by atoms with Gasteiger partial charge in [-0.1, -0.05) is 6.92 Å². The van der Waals surface area contributed by atoms with Crippen molar-refractivity contribution in [3.8, 4) is 0 Å². The van der Waals surface area contributed by atoms with E-state index in [4.69, 9.17) is 15.9 Å². The number of aliphatic carboxylic acids is 2. The molecule has 0 fully saturated rings. The molecule has 0 amide bonds. The minimum absolute atomic E-state index is 0. The van der Waals surface area contributed by atoms with Crippen LogP contribution in [0.1, 0.15) is 26.2 Å². The summed E-state index contributed by atoms with van der Waals surface area (Å²) >= 11 is 0. The van der Waals surface area contributed by atoms with Crippen LogP contribution in [0.15, 0.2) is 0 Å². The molecule has 0 aliphatic heterocycles. The molecule has 1 atom stereocenters.